The number of Topliss-reactive ketones (excluding diaryl/α,β-unsaturated/α-hetero) is 1. The third-order valence-electron chi connectivity index (χ3n) is 2.93. The number of hydrogen-bond acceptors (Lipinski definition) is 2. The Bertz CT molecular complexity index is 689. The van der Waals surface area contributed by atoms with Crippen molar-refractivity contribution in [3.05, 3.63) is 56.7 Å². The lowest BCUT2D eigenvalue weighted by atomic mass is 10.1. The maximum Gasteiger partial charge on any atom is 0.328 e. The smallest absolute Gasteiger partial charge is 0.299 e. The summed E-state index contributed by atoms with van der Waals surface area (Å²) in [6.45, 7) is 2.58. The van der Waals surface area contributed by atoms with Crippen molar-refractivity contribution in [1.29, 1.82) is 0 Å². The Morgan fingerprint density at radius 2 is 1.90 bits per heavy atom. The van der Waals surface area contributed by atoms with Gasteiger partial charge in [-0.25, -0.2) is 4.79 Å². The molecule has 1 heterocycles. The zero-order chi connectivity index (χ0) is 14.7. The Balaban J connectivity index is 2.24. The molecule has 0 spiro atoms. The zero-order valence-electron chi connectivity index (χ0n) is 11.0. The molecule has 1 aromatic heterocycles. The first-order valence-electron chi connectivity index (χ1n) is 6.26. The summed E-state index contributed by atoms with van der Waals surface area (Å²) in [5, 5.41) is 0.772. The average molecular weight is 313 g/mol. The molecule has 2 aromatic rings. The molecule has 0 aliphatic carbocycles. The standard InChI is InChI=1S/C14H14Cl2N2O2/c1-2-5-17-6-7-18(14(17)20)9-13(19)11-8-10(15)3-4-12(11)16/h3-4,6-8H,2,5,9H2,1H3. The second-order valence-electron chi connectivity index (χ2n) is 4.45. The molecule has 106 valence electrons. The van der Waals surface area contributed by atoms with Gasteiger partial charge in [-0.05, 0) is 24.6 Å². The maximum absolute atomic E-state index is 12.2. The Kier molecular flexibility index (Phi) is 4.68. The molecule has 6 heteroatoms. The first kappa shape index (κ1) is 14.9. The normalized spacial score (nSPS) is 10.8. The second-order valence-corrected chi connectivity index (χ2v) is 5.29. The second kappa shape index (κ2) is 6.29. The van der Waals surface area contributed by atoms with Crippen LogP contribution in [0.3, 0.4) is 0 Å². The van der Waals surface area contributed by atoms with Gasteiger partial charge < -0.3 is 0 Å². The largest absolute Gasteiger partial charge is 0.328 e. The minimum atomic E-state index is -0.242. The number of rotatable bonds is 5. The molecular formula is C14H14Cl2N2O2. The molecule has 0 aliphatic rings. The molecular weight excluding hydrogens is 299 g/mol. The first-order chi connectivity index (χ1) is 9.52. The number of aryl methyl sites for hydroxylation is 1. The summed E-state index contributed by atoms with van der Waals surface area (Å²) in [5.74, 6) is -0.242. The van der Waals surface area contributed by atoms with Gasteiger partial charge in [0.15, 0.2) is 5.78 Å². The summed E-state index contributed by atoms with van der Waals surface area (Å²) in [6.07, 6.45) is 4.14. The Morgan fingerprint density at radius 3 is 2.60 bits per heavy atom. The summed E-state index contributed by atoms with van der Waals surface area (Å²) in [4.78, 5) is 24.2. The number of carbonyl (C=O) groups excluding carboxylic acids is 1. The van der Waals surface area contributed by atoms with Crippen LogP contribution in [0.5, 0.6) is 0 Å². The van der Waals surface area contributed by atoms with Crippen molar-refractivity contribution >= 4 is 29.0 Å². The topological polar surface area (TPSA) is 44.0 Å². The molecule has 0 bridgehead atoms. The maximum atomic E-state index is 12.2. The number of ketones is 1. The lowest BCUT2D eigenvalue weighted by molar-refractivity contribution is 0.0971. The highest BCUT2D eigenvalue weighted by Gasteiger charge is 2.13. The van der Waals surface area contributed by atoms with Crippen LogP contribution in [0.25, 0.3) is 0 Å². The Labute approximate surface area is 126 Å². The van der Waals surface area contributed by atoms with Crippen LogP contribution in [0.4, 0.5) is 0 Å². The number of nitrogens with zero attached hydrogens (tertiary/aromatic N) is 2. The van der Waals surface area contributed by atoms with Crippen LogP contribution < -0.4 is 5.69 Å². The third kappa shape index (κ3) is 3.14. The molecule has 1 aromatic carbocycles. The molecule has 0 radical (unpaired) electrons. The van der Waals surface area contributed by atoms with Crippen molar-refractivity contribution in [3.63, 3.8) is 0 Å². The van der Waals surface area contributed by atoms with Gasteiger partial charge in [-0.3, -0.25) is 13.9 Å². The Morgan fingerprint density at radius 1 is 1.20 bits per heavy atom. The van der Waals surface area contributed by atoms with Gasteiger partial charge in [-0.1, -0.05) is 30.1 Å². The van der Waals surface area contributed by atoms with E-state index in [-0.39, 0.29) is 18.0 Å². The first-order valence-corrected chi connectivity index (χ1v) is 7.02. The van der Waals surface area contributed by atoms with Gasteiger partial charge in [0.2, 0.25) is 0 Å². The van der Waals surface area contributed by atoms with Gasteiger partial charge in [-0.2, -0.15) is 0 Å². The Hall–Kier alpha value is -1.52. The molecule has 2 rings (SSSR count). The van der Waals surface area contributed by atoms with E-state index < -0.39 is 0 Å². The molecule has 4 nitrogen and oxygen atoms in total. The summed E-state index contributed by atoms with van der Waals surface area (Å²) in [5.41, 5.74) is 0.132. The minimum absolute atomic E-state index is 0.0460. The third-order valence-corrected chi connectivity index (χ3v) is 3.49. The number of aromatic nitrogens is 2. The predicted molar refractivity (Wildman–Crippen MR) is 79.8 cm³/mol. The summed E-state index contributed by atoms with van der Waals surface area (Å²) < 4.78 is 2.95. The number of imidazole rings is 1. The average Bonchev–Trinajstić information content (AvgIpc) is 2.75. The zero-order valence-corrected chi connectivity index (χ0v) is 12.5. The summed E-state index contributed by atoms with van der Waals surface area (Å²) >= 11 is 11.8. The number of carbonyl (C=O) groups is 1. The van der Waals surface area contributed by atoms with Crippen molar-refractivity contribution in [2.24, 2.45) is 0 Å². The molecule has 0 aliphatic heterocycles. The monoisotopic (exact) mass is 312 g/mol. The molecule has 0 amide bonds. The van der Waals surface area contributed by atoms with E-state index >= 15 is 0 Å². The van der Waals surface area contributed by atoms with Crippen molar-refractivity contribution in [2.45, 2.75) is 26.4 Å². The minimum Gasteiger partial charge on any atom is -0.299 e. The fourth-order valence-electron chi connectivity index (χ4n) is 1.94. The van der Waals surface area contributed by atoms with Crippen LogP contribution in [0.15, 0.2) is 35.4 Å². The van der Waals surface area contributed by atoms with Crippen LogP contribution >= 0.6 is 23.2 Å². The van der Waals surface area contributed by atoms with E-state index in [2.05, 4.69) is 0 Å². The molecule has 0 atom stereocenters. The van der Waals surface area contributed by atoms with Crippen molar-refractivity contribution in [2.75, 3.05) is 0 Å². The lowest BCUT2D eigenvalue weighted by Crippen LogP contribution is -2.26. The van der Waals surface area contributed by atoms with E-state index in [9.17, 15) is 9.59 Å². The van der Waals surface area contributed by atoms with Gasteiger partial charge in [0, 0.05) is 29.5 Å². The number of benzene rings is 1. The highest BCUT2D eigenvalue weighted by Crippen LogP contribution is 2.21. The van der Waals surface area contributed by atoms with Crippen molar-refractivity contribution in [3.8, 4) is 0 Å². The van der Waals surface area contributed by atoms with E-state index in [1.807, 2.05) is 6.92 Å². The van der Waals surface area contributed by atoms with E-state index in [1.54, 1.807) is 29.1 Å². The SMILES string of the molecule is CCCn1ccn(CC(=O)c2cc(Cl)ccc2Cl)c1=O. The number of hydrogen-bond donors (Lipinski definition) is 0. The van der Waals surface area contributed by atoms with Gasteiger partial charge >= 0.3 is 5.69 Å². The van der Waals surface area contributed by atoms with Gasteiger partial charge in [0.25, 0.3) is 0 Å². The highest BCUT2D eigenvalue weighted by atomic mass is 35.5. The van der Waals surface area contributed by atoms with Crippen LogP contribution in [-0.4, -0.2) is 14.9 Å². The van der Waals surface area contributed by atoms with Crippen molar-refractivity contribution in [1.82, 2.24) is 9.13 Å². The molecule has 0 N–H and O–H groups in total. The fourth-order valence-corrected chi connectivity index (χ4v) is 2.33. The van der Waals surface area contributed by atoms with Gasteiger partial charge in [0.1, 0.15) is 0 Å². The fraction of sp³-hybridized carbons (Fsp3) is 0.286. The predicted octanol–water partition coefficient (Wildman–Crippen LogP) is 3.25. The highest BCUT2D eigenvalue weighted by molar-refractivity contribution is 6.35. The molecule has 0 fully saturated rings. The van der Waals surface area contributed by atoms with Gasteiger partial charge in [-0.15, -0.1) is 0 Å². The van der Waals surface area contributed by atoms with Crippen LogP contribution in [0.1, 0.15) is 23.7 Å². The van der Waals surface area contributed by atoms with Crippen LogP contribution in [0, 0.1) is 0 Å². The van der Waals surface area contributed by atoms with E-state index in [0.29, 0.717) is 22.2 Å². The van der Waals surface area contributed by atoms with E-state index in [0.717, 1.165) is 6.42 Å². The quantitative estimate of drug-likeness (QED) is 0.795. The molecule has 0 unspecified atom stereocenters. The van der Waals surface area contributed by atoms with Crippen molar-refractivity contribution < 1.29 is 4.79 Å². The van der Waals surface area contributed by atoms with Crippen LogP contribution in [-0.2, 0) is 13.1 Å². The summed E-state index contributed by atoms with van der Waals surface area (Å²) in [7, 11) is 0. The molecule has 0 saturated carbocycles. The lowest BCUT2D eigenvalue weighted by Gasteiger charge is -2.05. The van der Waals surface area contributed by atoms with Crippen LogP contribution in [0.2, 0.25) is 10.0 Å². The van der Waals surface area contributed by atoms with E-state index in [4.69, 9.17) is 23.2 Å². The molecule has 20 heavy (non-hydrogen) atoms. The van der Waals surface area contributed by atoms with Gasteiger partial charge in [0.05, 0.1) is 11.6 Å². The van der Waals surface area contributed by atoms with E-state index in [1.165, 1.54) is 10.6 Å². The summed E-state index contributed by atoms with van der Waals surface area (Å²) in [6, 6.07) is 4.70. The number of halogens is 2. The molecule has 0 saturated heterocycles.